The van der Waals surface area contributed by atoms with Crippen LogP contribution in [-0.4, -0.2) is 41.7 Å². The number of hydrogen-bond acceptors (Lipinski definition) is 3. The van der Waals surface area contributed by atoms with Crippen LogP contribution in [0, 0.1) is 0 Å². The zero-order valence-electron chi connectivity index (χ0n) is 11.7. The first-order valence-corrected chi connectivity index (χ1v) is 7.38. The average molecular weight is 297 g/mol. The van der Waals surface area contributed by atoms with Crippen molar-refractivity contribution in [3.05, 3.63) is 34.9 Å². The summed E-state index contributed by atoms with van der Waals surface area (Å²) >= 11 is 6.12. The molecule has 1 fully saturated rings. The molecule has 20 heavy (non-hydrogen) atoms. The molecule has 0 spiro atoms. The van der Waals surface area contributed by atoms with Crippen LogP contribution in [0.1, 0.15) is 31.4 Å². The smallest absolute Gasteiger partial charge is 0.234 e. The minimum atomic E-state index is -0.308. The molecule has 0 radical (unpaired) electrons. The van der Waals surface area contributed by atoms with E-state index in [1.54, 1.807) is 0 Å². The summed E-state index contributed by atoms with van der Waals surface area (Å²) in [5, 5.41) is 13.2. The highest BCUT2D eigenvalue weighted by molar-refractivity contribution is 6.31. The number of nitrogens with one attached hydrogen (secondary N) is 1. The van der Waals surface area contributed by atoms with Crippen LogP contribution in [0.3, 0.4) is 0 Å². The Kier molecular flexibility index (Phi) is 5.40. The van der Waals surface area contributed by atoms with Crippen molar-refractivity contribution in [2.24, 2.45) is 0 Å². The van der Waals surface area contributed by atoms with Gasteiger partial charge in [-0.1, -0.05) is 29.8 Å². The van der Waals surface area contributed by atoms with Crippen LogP contribution < -0.4 is 5.32 Å². The van der Waals surface area contributed by atoms with Crippen LogP contribution in [0.2, 0.25) is 5.02 Å². The van der Waals surface area contributed by atoms with Crippen LogP contribution >= 0.6 is 11.6 Å². The van der Waals surface area contributed by atoms with Gasteiger partial charge in [-0.15, -0.1) is 0 Å². The van der Waals surface area contributed by atoms with Gasteiger partial charge in [-0.2, -0.15) is 0 Å². The Morgan fingerprint density at radius 1 is 1.55 bits per heavy atom. The van der Waals surface area contributed by atoms with Gasteiger partial charge in [0.05, 0.1) is 18.7 Å². The van der Waals surface area contributed by atoms with E-state index in [0.717, 1.165) is 24.9 Å². The van der Waals surface area contributed by atoms with E-state index in [-0.39, 0.29) is 18.1 Å². The number of aliphatic hydroxyl groups is 1. The molecule has 1 amide bonds. The van der Waals surface area contributed by atoms with Gasteiger partial charge in [-0.3, -0.25) is 9.69 Å². The fourth-order valence-corrected chi connectivity index (χ4v) is 2.87. The van der Waals surface area contributed by atoms with Crippen molar-refractivity contribution in [2.75, 3.05) is 19.6 Å². The number of piperidine rings is 1. The Bertz CT molecular complexity index is 467. The SMILES string of the molecule is CC(NC(=O)CN1CCC[C@H](O)C1)c1ccccc1Cl. The number of rotatable bonds is 4. The molecular weight excluding hydrogens is 276 g/mol. The van der Waals surface area contributed by atoms with Gasteiger partial charge in [0.25, 0.3) is 0 Å². The summed E-state index contributed by atoms with van der Waals surface area (Å²) in [6, 6.07) is 7.39. The number of carbonyl (C=O) groups excluding carboxylic acids is 1. The van der Waals surface area contributed by atoms with Gasteiger partial charge >= 0.3 is 0 Å². The number of halogens is 1. The topological polar surface area (TPSA) is 52.6 Å². The lowest BCUT2D eigenvalue weighted by Gasteiger charge is -2.29. The Morgan fingerprint density at radius 2 is 2.30 bits per heavy atom. The molecule has 0 aliphatic carbocycles. The molecule has 1 aromatic rings. The Hall–Kier alpha value is -1.10. The molecule has 1 unspecified atom stereocenters. The van der Waals surface area contributed by atoms with Crippen molar-refractivity contribution in [3.63, 3.8) is 0 Å². The number of carbonyl (C=O) groups is 1. The molecule has 110 valence electrons. The molecule has 1 aromatic carbocycles. The van der Waals surface area contributed by atoms with Crippen molar-refractivity contribution >= 4 is 17.5 Å². The molecule has 4 nitrogen and oxygen atoms in total. The molecule has 0 saturated carbocycles. The van der Waals surface area contributed by atoms with Gasteiger partial charge in [0.2, 0.25) is 5.91 Å². The molecule has 1 saturated heterocycles. The predicted octanol–water partition coefficient (Wildman–Crippen LogP) is 1.97. The number of likely N-dealkylation sites (tertiary alicyclic amines) is 1. The third kappa shape index (κ3) is 4.20. The van der Waals surface area contributed by atoms with Crippen LogP contribution in [0.25, 0.3) is 0 Å². The number of β-amino-alcohol motifs (C(OH)–C–C–N with tert-alkyl or cyclic N) is 1. The zero-order chi connectivity index (χ0) is 14.5. The van der Waals surface area contributed by atoms with Crippen LogP contribution in [0.5, 0.6) is 0 Å². The van der Waals surface area contributed by atoms with Crippen LogP contribution in [0.15, 0.2) is 24.3 Å². The average Bonchev–Trinajstić information content (AvgIpc) is 2.38. The number of nitrogens with zero attached hydrogens (tertiary/aromatic N) is 1. The summed E-state index contributed by atoms with van der Waals surface area (Å²) in [4.78, 5) is 14.0. The fraction of sp³-hybridized carbons (Fsp3) is 0.533. The lowest BCUT2D eigenvalue weighted by Crippen LogP contribution is -2.44. The van der Waals surface area contributed by atoms with Gasteiger partial charge in [0, 0.05) is 11.6 Å². The lowest BCUT2D eigenvalue weighted by molar-refractivity contribution is -0.123. The molecule has 0 bridgehead atoms. The van der Waals surface area contributed by atoms with E-state index in [9.17, 15) is 9.90 Å². The predicted molar refractivity (Wildman–Crippen MR) is 79.7 cm³/mol. The maximum Gasteiger partial charge on any atom is 0.234 e. The van der Waals surface area contributed by atoms with E-state index in [0.29, 0.717) is 18.1 Å². The van der Waals surface area contributed by atoms with Gasteiger partial charge in [-0.25, -0.2) is 0 Å². The number of hydrogen-bond donors (Lipinski definition) is 2. The van der Waals surface area contributed by atoms with Gasteiger partial charge in [0.15, 0.2) is 0 Å². The molecule has 1 heterocycles. The quantitative estimate of drug-likeness (QED) is 0.893. The summed E-state index contributed by atoms with van der Waals surface area (Å²) in [5.74, 6) is -0.0356. The first-order valence-electron chi connectivity index (χ1n) is 7.00. The van der Waals surface area contributed by atoms with Gasteiger partial charge in [-0.05, 0) is 37.9 Å². The van der Waals surface area contributed by atoms with Crippen molar-refractivity contribution in [1.82, 2.24) is 10.2 Å². The largest absolute Gasteiger partial charge is 0.392 e. The van der Waals surface area contributed by atoms with E-state index in [1.165, 1.54) is 0 Å². The molecule has 1 aliphatic heterocycles. The summed E-state index contributed by atoms with van der Waals surface area (Å²) in [5.41, 5.74) is 0.918. The zero-order valence-corrected chi connectivity index (χ0v) is 12.4. The number of benzene rings is 1. The van der Waals surface area contributed by atoms with Gasteiger partial charge < -0.3 is 10.4 Å². The first kappa shape index (κ1) is 15.3. The fourth-order valence-electron chi connectivity index (χ4n) is 2.57. The highest BCUT2D eigenvalue weighted by Gasteiger charge is 2.20. The summed E-state index contributed by atoms with van der Waals surface area (Å²) < 4.78 is 0. The maximum atomic E-state index is 12.0. The second kappa shape index (κ2) is 7.07. The molecule has 2 rings (SSSR count). The Morgan fingerprint density at radius 3 is 3.00 bits per heavy atom. The first-order chi connectivity index (χ1) is 9.56. The van der Waals surface area contributed by atoms with Crippen LogP contribution in [-0.2, 0) is 4.79 Å². The highest BCUT2D eigenvalue weighted by Crippen LogP contribution is 2.22. The third-order valence-corrected chi connectivity index (χ3v) is 3.94. The van der Waals surface area contributed by atoms with E-state index < -0.39 is 0 Å². The van der Waals surface area contributed by atoms with Crippen molar-refractivity contribution in [2.45, 2.75) is 31.9 Å². The second-order valence-electron chi connectivity index (χ2n) is 5.34. The van der Waals surface area contributed by atoms with Crippen molar-refractivity contribution < 1.29 is 9.90 Å². The molecule has 2 N–H and O–H groups in total. The molecule has 0 aromatic heterocycles. The summed E-state index contributed by atoms with van der Waals surface area (Å²) in [6.07, 6.45) is 1.46. The second-order valence-corrected chi connectivity index (χ2v) is 5.75. The summed E-state index contributed by atoms with van der Waals surface area (Å²) in [6.45, 7) is 3.69. The Balaban J connectivity index is 1.86. The normalized spacial score (nSPS) is 21.4. The van der Waals surface area contributed by atoms with Crippen LogP contribution in [0.4, 0.5) is 0 Å². The number of amides is 1. The minimum Gasteiger partial charge on any atom is -0.392 e. The van der Waals surface area contributed by atoms with Crippen molar-refractivity contribution in [3.8, 4) is 0 Å². The van der Waals surface area contributed by atoms with E-state index in [4.69, 9.17) is 11.6 Å². The highest BCUT2D eigenvalue weighted by atomic mass is 35.5. The third-order valence-electron chi connectivity index (χ3n) is 3.60. The molecule has 1 aliphatic rings. The van der Waals surface area contributed by atoms with E-state index in [2.05, 4.69) is 5.32 Å². The maximum absolute atomic E-state index is 12.0. The molecule has 2 atom stereocenters. The monoisotopic (exact) mass is 296 g/mol. The lowest BCUT2D eigenvalue weighted by atomic mass is 10.1. The standard InChI is InChI=1S/C15H21ClN2O2/c1-11(13-6-2-3-7-14(13)16)17-15(20)10-18-8-4-5-12(19)9-18/h2-3,6-7,11-12,19H,4-5,8-10H2,1H3,(H,17,20)/t11?,12-/m0/s1. The van der Waals surface area contributed by atoms with Crippen molar-refractivity contribution in [1.29, 1.82) is 0 Å². The summed E-state index contributed by atoms with van der Waals surface area (Å²) in [7, 11) is 0. The number of aliphatic hydroxyl groups excluding tert-OH is 1. The van der Waals surface area contributed by atoms with Gasteiger partial charge in [0.1, 0.15) is 0 Å². The van der Waals surface area contributed by atoms with E-state index in [1.807, 2.05) is 36.1 Å². The molecule has 5 heteroatoms. The van der Waals surface area contributed by atoms with E-state index >= 15 is 0 Å². The molecular formula is C15H21ClN2O2. The Labute approximate surface area is 124 Å². The minimum absolute atomic E-state index is 0.0356.